The molecule has 1 amide bonds. The third-order valence-corrected chi connectivity index (χ3v) is 3.84. The van der Waals surface area contributed by atoms with Crippen molar-refractivity contribution < 1.29 is 4.79 Å². The van der Waals surface area contributed by atoms with Crippen molar-refractivity contribution in [1.29, 1.82) is 0 Å². The van der Waals surface area contributed by atoms with Crippen LogP contribution in [0.15, 0.2) is 30.6 Å². The van der Waals surface area contributed by atoms with Crippen molar-refractivity contribution in [2.75, 3.05) is 18.1 Å². The van der Waals surface area contributed by atoms with E-state index in [4.69, 9.17) is 5.73 Å². The molecule has 5 nitrogen and oxygen atoms in total. The Bertz CT molecular complexity index is 567. The molecule has 0 saturated carbocycles. The van der Waals surface area contributed by atoms with E-state index < -0.39 is 0 Å². The second-order valence-electron chi connectivity index (χ2n) is 4.12. The van der Waals surface area contributed by atoms with E-state index in [1.54, 1.807) is 25.5 Å². The molecule has 0 aromatic carbocycles. The largest absolute Gasteiger partial charge is 0.397 e. The Morgan fingerprint density at radius 2 is 2.11 bits per heavy atom. The molecule has 100 valence electrons. The van der Waals surface area contributed by atoms with Gasteiger partial charge in [-0.25, -0.2) is 0 Å². The molecule has 2 aromatic rings. The molecule has 4 N–H and O–H groups in total. The molecule has 0 aliphatic rings. The Morgan fingerprint density at radius 1 is 1.42 bits per heavy atom. The second-order valence-corrected chi connectivity index (χ2v) is 5.17. The van der Waals surface area contributed by atoms with Crippen LogP contribution in [0.25, 0.3) is 0 Å². The monoisotopic (exact) mass is 276 g/mol. The summed E-state index contributed by atoms with van der Waals surface area (Å²) >= 11 is 1.35. The highest BCUT2D eigenvalue weighted by Gasteiger charge is 2.14. The van der Waals surface area contributed by atoms with Crippen LogP contribution in [0.2, 0.25) is 0 Å². The number of hydrogen-bond donors (Lipinski definition) is 3. The predicted octanol–water partition coefficient (Wildman–Crippen LogP) is 2.26. The average Bonchev–Trinajstić information content (AvgIpc) is 2.79. The molecule has 1 atom stereocenters. The average molecular weight is 276 g/mol. The first-order valence-electron chi connectivity index (χ1n) is 5.89. The summed E-state index contributed by atoms with van der Waals surface area (Å²) in [5.41, 5.74) is 7.45. The van der Waals surface area contributed by atoms with Crippen LogP contribution >= 0.6 is 11.3 Å². The molecule has 6 heteroatoms. The fourth-order valence-electron chi connectivity index (χ4n) is 1.72. The van der Waals surface area contributed by atoms with E-state index in [0.29, 0.717) is 10.6 Å². The lowest BCUT2D eigenvalue weighted by Gasteiger charge is -2.13. The molecule has 2 heterocycles. The lowest BCUT2D eigenvalue weighted by Crippen LogP contribution is -2.17. The van der Waals surface area contributed by atoms with Crippen LogP contribution in [0.3, 0.4) is 0 Å². The van der Waals surface area contributed by atoms with Crippen molar-refractivity contribution in [3.63, 3.8) is 0 Å². The maximum absolute atomic E-state index is 11.6. The maximum Gasteiger partial charge on any atom is 0.263 e. The highest BCUT2D eigenvalue weighted by Crippen LogP contribution is 2.31. The fraction of sp³-hybridized carbons (Fsp3) is 0.231. The number of anilines is 2. The molecule has 0 saturated heterocycles. The minimum atomic E-state index is -0.160. The highest BCUT2D eigenvalue weighted by atomic mass is 32.1. The number of nitrogens with zero attached hydrogens (tertiary/aromatic N) is 1. The normalized spacial score (nSPS) is 11.9. The third kappa shape index (κ3) is 3.03. The van der Waals surface area contributed by atoms with Crippen molar-refractivity contribution in [2.24, 2.45) is 0 Å². The fourth-order valence-corrected chi connectivity index (χ4v) is 2.73. The van der Waals surface area contributed by atoms with Gasteiger partial charge in [0, 0.05) is 25.5 Å². The highest BCUT2D eigenvalue weighted by molar-refractivity contribution is 7.18. The minimum absolute atomic E-state index is 0.124. The Morgan fingerprint density at radius 3 is 2.74 bits per heavy atom. The number of rotatable bonds is 4. The number of aromatic nitrogens is 1. The van der Waals surface area contributed by atoms with Crippen LogP contribution in [-0.2, 0) is 0 Å². The Kier molecular flexibility index (Phi) is 4.01. The molecule has 0 spiro atoms. The molecular formula is C13H16N4OS. The number of carbonyl (C=O) groups is 1. The topological polar surface area (TPSA) is 80.0 Å². The van der Waals surface area contributed by atoms with E-state index in [0.717, 1.165) is 10.6 Å². The third-order valence-electron chi connectivity index (χ3n) is 2.76. The zero-order valence-electron chi connectivity index (χ0n) is 10.8. The summed E-state index contributed by atoms with van der Waals surface area (Å²) < 4.78 is 0. The molecular weight excluding hydrogens is 260 g/mol. The van der Waals surface area contributed by atoms with E-state index in [9.17, 15) is 4.79 Å². The quantitative estimate of drug-likeness (QED) is 0.800. The van der Waals surface area contributed by atoms with E-state index >= 15 is 0 Å². The number of pyridine rings is 1. The number of thiophene rings is 1. The van der Waals surface area contributed by atoms with Gasteiger partial charge in [0.15, 0.2) is 0 Å². The van der Waals surface area contributed by atoms with Gasteiger partial charge in [0.2, 0.25) is 0 Å². The SMILES string of the molecule is CNC(=O)c1sc(NC(C)c2ccncc2)cc1N. The molecule has 0 aliphatic heterocycles. The number of nitrogen functional groups attached to an aromatic ring is 1. The first kappa shape index (κ1) is 13.4. The summed E-state index contributed by atoms with van der Waals surface area (Å²) in [5.74, 6) is -0.160. The van der Waals surface area contributed by atoms with Gasteiger partial charge in [0.05, 0.1) is 10.7 Å². The van der Waals surface area contributed by atoms with Crippen molar-refractivity contribution in [3.8, 4) is 0 Å². The summed E-state index contributed by atoms with van der Waals surface area (Å²) in [5, 5.41) is 6.78. The summed E-state index contributed by atoms with van der Waals surface area (Å²) in [6.45, 7) is 2.05. The molecule has 0 radical (unpaired) electrons. The van der Waals surface area contributed by atoms with Crippen molar-refractivity contribution >= 4 is 27.9 Å². The zero-order valence-corrected chi connectivity index (χ0v) is 11.6. The van der Waals surface area contributed by atoms with Crippen LogP contribution in [0.5, 0.6) is 0 Å². The van der Waals surface area contributed by atoms with Gasteiger partial charge in [-0.15, -0.1) is 11.3 Å². The summed E-state index contributed by atoms with van der Waals surface area (Å²) in [7, 11) is 1.59. The standard InChI is InChI=1S/C13H16N4OS/c1-8(9-3-5-16-6-4-9)17-11-7-10(14)12(19-11)13(18)15-2/h3-8,17H,14H2,1-2H3,(H,15,18). The number of carbonyl (C=O) groups excluding carboxylic acids is 1. The molecule has 19 heavy (non-hydrogen) atoms. The van der Waals surface area contributed by atoms with Crippen LogP contribution in [0, 0.1) is 0 Å². The first-order chi connectivity index (χ1) is 9.11. The number of nitrogens with two attached hydrogens (primary N) is 1. The predicted molar refractivity (Wildman–Crippen MR) is 78.4 cm³/mol. The molecule has 1 unspecified atom stereocenters. The minimum Gasteiger partial charge on any atom is -0.397 e. The zero-order chi connectivity index (χ0) is 13.8. The van der Waals surface area contributed by atoms with Gasteiger partial charge in [-0.1, -0.05) is 0 Å². The first-order valence-corrected chi connectivity index (χ1v) is 6.71. The van der Waals surface area contributed by atoms with Gasteiger partial charge in [-0.05, 0) is 30.7 Å². The number of nitrogens with one attached hydrogen (secondary N) is 2. The molecule has 2 rings (SSSR count). The van der Waals surface area contributed by atoms with Crippen molar-refractivity contribution in [1.82, 2.24) is 10.3 Å². The van der Waals surface area contributed by atoms with Gasteiger partial charge >= 0.3 is 0 Å². The van der Waals surface area contributed by atoms with Crippen molar-refractivity contribution in [3.05, 3.63) is 41.0 Å². The molecule has 2 aromatic heterocycles. The van der Waals surface area contributed by atoms with Crippen LogP contribution in [0.1, 0.15) is 28.2 Å². The molecule has 0 bridgehead atoms. The number of hydrogen-bond acceptors (Lipinski definition) is 5. The number of amides is 1. The van der Waals surface area contributed by atoms with E-state index in [-0.39, 0.29) is 11.9 Å². The Balaban J connectivity index is 2.14. The van der Waals surface area contributed by atoms with E-state index in [1.165, 1.54) is 11.3 Å². The van der Waals surface area contributed by atoms with Gasteiger partial charge in [-0.2, -0.15) is 0 Å². The maximum atomic E-state index is 11.6. The van der Waals surface area contributed by atoms with Gasteiger partial charge in [0.1, 0.15) is 4.88 Å². The van der Waals surface area contributed by atoms with Crippen molar-refractivity contribution in [2.45, 2.75) is 13.0 Å². The van der Waals surface area contributed by atoms with Gasteiger partial charge in [0.25, 0.3) is 5.91 Å². The van der Waals surface area contributed by atoms with Gasteiger partial charge in [-0.3, -0.25) is 9.78 Å². The van der Waals surface area contributed by atoms with E-state index in [2.05, 4.69) is 15.6 Å². The summed E-state index contributed by atoms with van der Waals surface area (Å²) in [4.78, 5) is 16.1. The smallest absolute Gasteiger partial charge is 0.263 e. The lowest BCUT2D eigenvalue weighted by atomic mass is 10.1. The summed E-state index contributed by atoms with van der Waals surface area (Å²) in [6, 6.07) is 5.81. The van der Waals surface area contributed by atoms with Crippen LogP contribution in [-0.4, -0.2) is 17.9 Å². The summed E-state index contributed by atoms with van der Waals surface area (Å²) in [6.07, 6.45) is 3.51. The Hall–Kier alpha value is -2.08. The lowest BCUT2D eigenvalue weighted by molar-refractivity contribution is 0.0968. The van der Waals surface area contributed by atoms with E-state index in [1.807, 2.05) is 19.1 Å². The molecule has 0 fully saturated rings. The van der Waals surface area contributed by atoms with Gasteiger partial charge < -0.3 is 16.4 Å². The Labute approximate surface area is 115 Å². The molecule has 0 aliphatic carbocycles. The van der Waals surface area contributed by atoms with Crippen LogP contribution < -0.4 is 16.4 Å². The second kappa shape index (κ2) is 5.71. The van der Waals surface area contributed by atoms with Crippen LogP contribution in [0.4, 0.5) is 10.7 Å².